The number of rotatable bonds is 5. The average molecular weight is 353 g/mol. The second kappa shape index (κ2) is 7.53. The van der Waals surface area contributed by atoms with Crippen LogP contribution in [0.4, 0.5) is 11.6 Å². The second-order valence-electron chi connectivity index (χ2n) is 7.43. The maximum absolute atomic E-state index is 5.77. The van der Waals surface area contributed by atoms with Crippen molar-refractivity contribution in [1.29, 1.82) is 0 Å². The molecule has 0 aromatic carbocycles. The van der Waals surface area contributed by atoms with Crippen molar-refractivity contribution in [3.8, 4) is 0 Å². The quantitative estimate of drug-likeness (QED) is 0.882. The van der Waals surface area contributed by atoms with Crippen LogP contribution in [-0.4, -0.2) is 51.0 Å². The Morgan fingerprint density at radius 2 is 1.92 bits per heavy atom. The standard InChI is InChI=1S/C19H27N7/c1-25(13-17-21-9-6-16(20)23-17)15-3-2-11-26(12-8-15)18-7-10-22-19(24-18)14-4-5-14/h6-7,9-10,14-15H,2-5,8,11-13H2,1H3,(H2,20,21,23)/t15-/m1/s1. The van der Waals surface area contributed by atoms with Crippen LogP contribution in [0.25, 0.3) is 0 Å². The van der Waals surface area contributed by atoms with Crippen molar-refractivity contribution >= 4 is 11.6 Å². The SMILES string of the molecule is CN(Cc1nccc(N)n1)[C@@H]1CCCN(c2ccnc(C3CC3)n2)CC1. The van der Waals surface area contributed by atoms with Gasteiger partial charge in [0.2, 0.25) is 0 Å². The number of nitrogen functional groups attached to an aromatic ring is 1. The zero-order valence-corrected chi connectivity index (χ0v) is 15.4. The van der Waals surface area contributed by atoms with Crippen molar-refractivity contribution in [2.24, 2.45) is 0 Å². The fraction of sp³-hybridized carbons (Fsp3) is 0.579. The van der Waals surface area contributed by atoms with Gasteiger partial charge < -0.3 is 10.6 Å². The Labute approximate surface area is 154 Å². The first-order valence-electron chi connectivity index (χ1n) is 9.54. The molecule has 3 heterocycles. The molecule has 4 rings (SSSR count). The van der Waals surface area contributed by atoms with Gasteiger partial charge in [-0.15, -0.1) is 0 Å². The van der Waals surface area contributed by atoms with Crippen LogP contribution in [0.3, 0.4) is 0 Å². The lowest BCUT2D eigenvalue weighted by molar-refractivity contribution is 0.212. The van der Waals surface area contributed by atoms with E-state index in [1.807, 2.05) is 6.20 Å². The van der Waals surface area contributed by atoms with Gasteiger partial charge >= 0.3 is 0 Å². The molecule has 26 heavy (non-hydrogen) atoms. The summed E-state index contributed by atoms with van der Waals surface area (Å²) >= 11 is 0. The summed E-state index contributed by atoms with van der Waals surface area (Å²) in [6.45, 7) is 2.81. The smallest absolute Gasteiger partial charge is 0.144 e. The first kappa shape index (κ1) is 17.1. The van der Waals surface area contributed by atoms with Gasteiger partial charge in [0.05, 0.1) is 6.54 Å². The molecule has 1 saturated heterocycles. The first-order valence-corrected chi connectivity index (χ1v) is 9.54. The van der Waals surface area contributed by atoms with Crippen LogP contribution in [0, 0.1) is 0 Å². The molecule has 2 aliphatic rings. The fourth-order valence-corrected chi connectivity index (χ4v) is 3.67. The van der Waals surface area contributed by atoms with Gasteiger partial charge in [0, 0.05) is 37.4 Å². The minimum Gasteiger partial charge on any atom is -0.384 e. The molecular formula is C19H27N7. The van der Waals surface area contributed by atoms with Gasteiger partial charge in [-0.2, -0.15) is 0 Å². The van der Waals surface area contributed by atoms with Gasteiger partial charge in [0.25, 0.3) is 0 Å². The molecule has 2 N–H and O–H groups in total. The topological polar surface area (TPSA) is 84.1 Å². The van der Waals surface area contributed by atoms with Crippen LogP contribution >= 0.6 is 0 Å². The van der Waals surface area contributed by atoms with E-state index < -0.39 is 0 Å². The summed E-state index contributed by atoms with van der Waals surface area (Å²) < 4.78 is 0. The molecule has 0 spiro atoms. The predicted molar refractivity (Wildman–Crippen MR) is 102 cm³/mol. The molecule has 1 aliphatic carbocycles. The summed E-state index contributed by atoms with van der Waals surface area (Å²) in [4.78, 5) is 22.7. The van der Waals surface area contributed by atoms with E-state index in [1.165, 1.54) is 19.3 Å². The molecule has 7 nitrogen and oxygen atoms in total. The Morgan fingerprint density at radius 3 is 2.73 bits per heavy atom. The highest BCUT2D eigenvalue weighted by Crippen LogP contribution is 2.38. The lowest BCUT2D eigenvalue weighted by atomic mass is 10.1. The lowest BCUT2D eigenvalue weighted by Crippen LogP contribution is -2.33. The van der Waals surface area contributed by atoms with Crippen LogP contribution in [-0.2, 0) is 6.54 Å². The molecule has 7 heteroatoms. The number of anilines is 2. The van der Waals surface area contributed by atoms with Crippen LogP contribution < -0.4 is 10.6 Å². The van der Waals surface area contributed by atoms with Crippen molar-refractivity contribution in [1.82, 2.24) is 24.8 Å². The Hall–Kier alpha value is -2.28. The van der Waals surface area contributed by atoms with E-state index >= 15 is 0 Å². The van der Waals surface area contributed by atoms with E-state index in [-0.39, 0.29) is 0 Å². The molecule has 1 saturated carbocycles. The molecule has 138 valence electrons. The molecule has 1 atom stereocenters. The number of nitrogens with two attached hydrogens (primary N) is 1. The minimum absolute atomic E-state index is 0.523. The molecule has 0 radical (unpaired) electrons. The number of nitrogens with zero attached hydrogens (tertiary/aromatic N) is 6. The van der Waals surface area contributed by atoms with E-state index in [4.69, 9.17) is 10.7 Å². The lowest BCUT2D eigenvalue weighted by Gasteiger charge is -2.27. The van der Waals surface area contributed by atoms with E-state index in [0.717, 1.165) is 49.9 Å². The van der Waals surface area contributed by atoms with E-state index in [9.17, 15) is 0 Å². The van der Waals surface area contributed by atoms with E-state index in [2.05, 4.69) is 37.9 Å². The summed E-state index contributed by atoms with van der Waals surface area (Å²) in [5.41, 5.74) is 5.77. The molecule has 2 aromatic rings. The zero-order chi connectivity index (χ0) is 17.9. The summed E-state index contributed by atoms with van der Waals surface area (Å²) in [7, 11) is 2.16. The van der Waals surface area contributed by atoms with Crippen molar-refractivity contribution in [2.45, 2.75) is 50.6 Å². The Balaban J connectivity index is 1.37. The Bertz CT molecular complexity index is 746. The fourth-order valence-electron chi connectivity index (χ4n) is 3.67. The molecule has 0 unspecified atom stereocenters. The van der Waals surface area contributed by atoms with Gasteiger partial charge in [-0.3, -0.25) is 4.90 Å². The molecule has 1 aliphatic heterocycles. The minimum atomic E-state index is 0.523. The number of hydrogen-bond donors (Lipinski definition) is 1. The maximum atomic E-state index is 5.77. The molecule has 0 bridgehead atoms. The summed E-state index contributed by atoms with van der Waals surface area (Å²) in [5, 5.41) is 0. The average Bonchev–Trinajstić information content (AvgIpc) is 3.48. The predicted octanol–water partition coefficient (Wildman–Crippen LogP) is 2.22. The largest absolute Gasteiger partial charge is 0.384 e. The zero-order valence-electron chi connectivity index (χ0n) is 15.4. The normalized spacial score (nSPS) is 21.0. The highest BCUT2D eigenvalue weighted by atomic mass is 15.2. The van der Waals surface area contributed by atoms with Crippen molar-refractivity contribution in [3.05, 3.63) is 36.2 Å². The maximum Gasteiger partial charge on any atom is 0.144 e. The third-order valence-electron chi connectivity index (χ3n) is 5.36. The first-order chi connectivity index (χ1) is 12.7. The summed E-state index contributed by atoms with van der Waals surface area (Å²) in [6.07, 6.45) is 9.58. The van der Waals surface area contributed by atoms with Gasteiger partial charge in [-0.1, -0.05) is 0 Å². The van der Waals surface area contributed by atoms with Crippen LogP contribution in [0.15, 0.2) is 24.5 Å². The highest BCUT2D eigenvalue weighted by Gasteiger charge is 2.27. The van der Waals surface area contributed by atoms with Crippen molar-refractivity contribution in [2.75, 3.05) is 30.8 Å². The van der Waals surface area contributed by atoms with Crippen LogP contribution in [0.1, 0.15) is 49.7 Å². The van der Waals surface area contributed by atoms with E-state index in [0.29, 0.717) is 17.8 Å². The second-order valence-corrected chi connectivity index (χ2v) is 7.43. The molecule has 0 amide bonds. The summed E-state index contributed by atoms with van der Waals surface area (Å²) in [6, 6.07) is 4.30. The monoisotopic (exact) mass is 353 g/mol. The van der Waals surface area contributed by atoms with Crippen molar-refractivity contribution < 1.29 is 0 Å². The molecular weight excluding hydrogens is 326 g/mol. The third-order valence-corrected chi connectivity index (χ3v) is 5.36. The van der Waals surface area contributed by atoms with Crippen molar-refractivity contribution in [3.63, 3.8) is 0 Å². The molecule has 2 aromatic heterocycles. The van der Waals surface area contributed by atoms with Gasteiger partial charge in [0.15, 0.2) is 0 Å². The Kier molecular flexibility index (Phi) is 4.97. The van der Waals surface area contributed by atoms with Gasteiger partial charge in [0.1, 0.15) is 23.3 Å². The molecule has 2 fully saturated rings. The third kappa shape index (κ3) is 4.09. The highest BCUT2D eigenvalue weighted by molar-refractivity contribution is 5.38. The number of aromatic nitrogens is 4. The van der Waals surface area contributed by atoms with Gasteiger partial charge in [-0.25, -0.2) is 19.9 Å². The number of hydrogen-bond acceptors (Lipinski definition) is 7. The Morgan fingerprint density at radius 1 is 1.08 bits per heavy atom. The van der Waals surface area contributed by atoms with Gasteiger partial charge in [-0.05, 0) is 51.3 Å². The van der Waals surface area contributed by atoms with Crippen LogP contribution in [0.2, 0.25) is 0 Å². The summed E-state index contributed by atoms with van der Waals surface area (Å²) in [5.74, 6) is 4.03. The van der Waals surface area contributed by atoms with E-state index in [1.54, 1.807) is 12.3 Å². The van der Waals surface area contributed by atoms with Crippen LogP contribution in [0.5, 0.6) is 0 Å².